The van der Waals surface area contributed by atoms with E-state index in [1.54, 1.807) is 24.3 Å². The van der Waals surface area contributed by atoms with Crippen molar-refractivity contribution in [3.8, 4) is 0 Å². The fourth-order valence-corrected chi connectivity index (χ4v) is 2.28. The van der Waals surface area contributed by atoms with Crippen molar-refractivity contribution in [2.45, 2.75) is 27.2 Å². The van der Waals surface area contributed by atoms with Crippen LogP contribution in [0.3, 0.4) is 0 Å². The average Bonchev–Trinajstić information content (AvgIpc) is 2.54. The quantitative estimate of drug-likeness (QED) is 0.843. The minimum Gasteiger partial charge on any atom is -0.352 e. The highest BCUT2D eigenvalue weighted by Crippen LogP contribution is 2.12. The van der Waals surface area contributed by atoms with Crippen LogP contribution in [-0.4, -0.2) is 18.4 Å². The van der Waals surface area contributed by atoms with Crippen molar-refractivity contribution in [2.24, 2.45) is 5.92 Å². The molecule has 4 nitrogen and oxygen atoms in total. The number of amides is 2. The van der Waals surface area contributed by atoms with Gasteiger partial charge in [0, 0.05) is 23.4 Å². The third-order valence-corrected chi connectivity index (χ3v) is 3.69. The summed E-state index contributed by atoms with van der Waals surface area (Å²) >= 11 is 0. The van der Waals surface area contributed by atoms with Gasteiger partial charge in [-0.1, -0.05) is 26.0 Å². The normalized spacial score (nSPS) is 10.5. The van der Waals surface area contributed by atoms with E-state index in [9.17, 15) is 9.59 Å². The summed E-state index contributed by atoms with van der Waals surface area (Å²) in [6.45, 7) is 6.87. The molecule has 2 aromatic rings. The van der Waals surface area contributed by atoms with Gasteiger partial charge in [-0.3, -0.25) is 9.59 Å². The molecule has 0 aliphatic rings. The van der Waals surface area contributed by atoms with Crippen molar-refractivity contribution >= 4 is 17.5 Å². The number of nitrogens with one attached hydrogen (secondary N) is 2. The van der Waals surface area contributed by atoms with Gasteiger partial charge in [-0.15, -0.1) is 0 Å². The lowest BCUT2D eigenvalue weighted by atomic mass is 10.1. The fourth-order valence-electron chi connectivity index (χ4n) is 2.28. The second-order valence-corrected chi connectivity index (χ2v) is 6.34. The Labute approximate surface area is 143 Å². The zero-order chi connectivity index (χ0) is 17.5. The number of hydrogen-bond acceptors (Lipinski definition) is 2. The molecule has 0 aliphatic heterocycles. The summed E-state index contributed by atoms with van der Waals surface area (Å²) in [7, 11) is 0. The topological polar surface area (TPSA) is 58.2 Å². The van der Waals surface area contributed by atoms with Gasteiger partial charge in [-0.2, -0.15) is 0 Å². The van der Waals surface area contributed by atoms with E-state index < -0.39 is 0 Å². The first-order valence-corrected chi connectivity index (χ1v) is 8.22. The third kappa shape index (κ3) is 5.23. The standard InChI is InChI=1S/C20H24N2O2/c1-14(2)11-12-21-19(23)16-7-9-17(10-8-16)20(24)22-18-6-4-5-15(3)13-18/h4-10,13-14H,11-12H2,1-3H3,(H,21,23)(H,22,24). The minimum absolute atomic E-state index is 0.110. The van der Waals surface area contributed by atoms with Crippen LogP contribution in [0.1, 0.15) is 46.5 Å². The van der Waals surface area contributed by atoms with Crippen molar-refractivity contribution in [1.29, 1.82) is 0 Å². The lowest BCUT2D eigenvalue weighted by molar-refractivity contribution is 0.0950. The minimum atomic E-state index is -0.188. The Morgan fingerprint density at radius 2 is 1.58 bits per heavy atom. The highest BCUT2D eigenvalue weighted by atomic mass is 16.2. The van der Waals surface area contributed by atoms with Crippen LogP contribution in [0.5, 0.6) is 0 Å². The molecule has 0 unspecified atom stereocenters. The molecule has 0 saturated carbocycles. The van der Waals surface area contributed by atoms with Gasteiger partial charge < -0.3 is 10.6 Å². The third-order valence-electron chi connectivity index (χ3n) is 3.69. The molecule has 0 spiro atoms. The van der Waals surface area contributed by atoms with Crippen molar-refractivity contribution < 1.29 is 9.59 Å². The lowest BCUT2D eigenvalue weighted by Crippen LogP contribution is -2.25. The van der Waals surface area contributed by atoms with Gasteiger partial charge in [0.05, 0.1) is 0 Å². The Morgan fingerprint density at radius 3 is 2.17 bits per heavy atom. The van der Waals surface area contributed by atoms with E-state index in [0.29, 0.717) is 23.6 Å². The number of hydrogen-bond donors (Lipinski definition) is 2. The highest BCUT2D eigenvalue weighted by molar-refractivity contribution is 6.05. The first-order chi connectivity index (χ1) is 11.5. The Bertz CT molecular complexity index is 706. The number of anilines is 1. The molecule has 4 heteroatoms. The zero-order valence-electron chi connectivity index (χ0n) is 14.4. The molecule has 0 radical (unpaired) electrons. The predicted octanol–water partition coefficient (Wildman–Crippen LogP) is 4.02. The Morgan fingerprint density at radius 1 is 0.958 bits per heavy atom. The monoisotopic (exact) mass is 324 g/mol. The van der Waals surface area contributed by atoms with Crippen LogP contribution in [0.4, 0.5) is 5.69 Å². The van der Waals surface area contributed by atoms with Crippen molar-refractivity contribution in [2.75, 3.05) is 11.9 Å². The largest absolute Gasteiger partial charge is 0.352 e. The summed E-state index contributed by atoms with van der Waals surface area (Å²) in [4.78, 5) is 24.3. The zero-order valence-corrected chi connectivity index (χ0v) is 14.4. The van der Waals surface area contributed by atoms with Gasteiger partial charge in [-0.05, 0) is 61.2 Å². The SMILES string of the molecule is Cc1cccc(NC(=O)c2ccc(C(=O)NCCC(C)C)cc2)c1. The lowest BCUT2D eigenvalue weighted by Gasteiger charge is -2.08. The van der Waals surface area contributed by atoms with Gasteiger partial charge in [0.25, 0.3) is 11.8 Å². The second kappa shape index (κ2) is 8.29. The fraction of sp³-hybridized carbons (Fsp3) is 0.300. The maximum Gasteiger partial charge on any atom is 0.255 e. The second-order valence-electron chi connectivity index (χ2n) is 6.34. The maximum atomic E-state index is 12.2. The van der Waals surface area contributed by atoms with E-state index in [4.69, 9.17) is 0 Å². The molecule has 2 amide bonds. The van der Waals surface area contributed by atoms with Crippen molar-refractivity contribution in [1.82, 2.24) is 5.32 Å². The van der Waals surface area contributed by atoms with E-state index in [0.717, 1.165) is 17.7 Å². The predicted molar refractivity (Wildman–Crippen MR) is 97.4 cm³/mol. The molecule has 0 saturated heterocycles. The molecule has 2 aromatic carbocycles. The smallest absolute Gasteiger partial charge is 0.255 e. The van der Waals surface area contributed by atoms with Crippen LogP contribution in [0.25, 0.3) is 0 Å². The molecule has 24 heavy (non-hydrogen) atoms. The molecule has 0 atom stereocenters. The summed E-state index contributed by atoms with van der Waals surface area (Å²) in [5.74, 6) is 0.256. The molecule has 0 aromatic heterocycles. The molecule has 0 heterocycles. The molecule has 126 valence electrons. The molecule has 0 bridgehead atoms. The van der Waals surface area contributed by atoms with Crippen LogP contribution in [0, 0.1) is 12.8 Å². The van der Waals surface area contributed by atoms with E-state index >= 15 is 0 Å². The summed E-state index contributed by atoms with van der Waals surface area (Å²) in [6.07, 6.45) is 0.947. The Balaban J connectivity index is 1.95. The van der Waals surface area contributed by atoms with Crippen LogP contribution in [0.15, 0.2) is 48.5 Å². The summed E-state index contributed by atoms with van der Waals surface area (Å²) in [5.41, 5.74) is 2.93. The highest BCUT2D eigenvalue weighted by Gasteiger charge is 2.09. The van der Waals surface area contributed by atoms with Gasteiger partial charge >= 0.3 is 0 Å². The van der Waals surface area contributed by atoms with Crippen LogP contribution in [-0.2, 0) is 0 Å². The van der Waals surface area contributed by atoms with Crippen molar-refractivity contribution in [3.05, 3.63) is 65.2 Å². The average molecular weight is 324 g/mol. The summed E-state index contributed by atoms with van der Waals surface area (Å²) < 4.78 is 0. The molecular formula is C20H24N2O2. The molecule has 2 rings (SSSR count). The number of carbonyl (C=O) groups is 2. The van der Waals surface area contributed by atoms with Crippen LogP contribution in [0.2, 0.25) is 0 Å². The van der Waals surface area contributed by atoms with E-state index in [-0.39, 0.29) is 11.8 Å². The van der Waals surface area contributed by atoms with Crippen LogP contribution < -0.4 is 10.6 Å². The molecule has 0 aliphatic carbocycles. The number of aryl methyl sites for hydroxylation is 1. The van der Waals surface area contributed by atoms with E-state index in [1.165, 1.54) is 0 Å². The van der Waals surface area contributed by atoms with E-state index in [2.05, 4.69) is 24.5 Å². The van der Waals surface area contributed by atoms with Crippen LogP contribution >= 0.6 is 0 Å². The molecule has 2 N–H and O–H groups in total. The molecule has 0 fully saturated rings. The van der Waals surface area contributed by atoms with Crippen molar-refractivity contribution in [3.63, 3.8) is 0 Å². The number of rotatable bonds is 6. The first kappa shape index (κ1) is 17.7. The van der Waals surface area contributed by atoms with E-state index in [1.807, 2.05) is 31.2 Å². The summed E-state index contributed by atoms with van der Waals surface area (Å²) in [6, 6.07) is 14.3. The Hall–Kier alpha value is -2.62. The maximum absolute atomic E-state index is 12.2. The van der Waals surface area contributed by atoms with Gasteiger partial charge in [0.15, 0.2) is 0 Å². The van der Waals surface area contributed by atoms with Gasteiger partial charge in [0.2, 0.25) is 0 Å². The van der Waals surface area contributed by atoms with Gasteiger partial charge in [-0.25, -0.2) is 0 Å². The molecular weight excluding hydrogens is 300 g/mol. The summed E-state index contributed by atoms with van der Waals surface area (Å²) in [5, 5.41) is 5.74. The first-order valence-electron chi connectivity index (χ1n) is 8.22. The Kier molecular flexibility index (Phi) is 6.13. The van der Waals surface area contributed by atoms with Gasteiger partial charge in [0.1, 0.15) is 0 Å². The number of benzene rings is 2. The number of carbonyl (C=O) groups excluding carboxylic acids is 2.